The molecule has 130 valence electrons. The van der Waals surface area contributed by atoms with Crippen LogP contribution in [-0.4, -0.2) is 38.2 Å². The highest BCUT2D eigenvalue weighted by molar-refractivity contribution is 6.01. The smallest absolute Gasteiger partial charge is 0.338 e. The van der Waals surface area contributed by atoms with E-state index in [1.54, 1.807) is 56.5 Å². The number of fused-ring (bicyclic) bond motifs is 1. The third-order valence-corrected chi connectivity index (χ3v) is 3.81. The summed E-state index contributed by atoms with van der Waals surface area (Å²) < 4.78 is 21.2. The molecule has 2 aromatic rings. The van der Waals surface area contributed by atoms with E-state index in [9.17, 15) is 9.59 Å². The van der Waals surface area contributed by atoms with E-state index >= 15 is 0 Å². The first-order valence-corrected chi connectivity index (χ1v) is 7.87. The molecule has 0 amide bonds. The number of rotatable bonds is 5. The average Bonchev–Trinajstić information content (AvgIpc) is 2.67. The van der Waals surface area contributed by atoms with Crippen LogP contribution in [0.15, 0.2) is 42.5 Å². The number of Topliss-reactive ketones (excluding diaryl/α,β-unsaturated/α-hetero) is 1. The van der Waals surface area contributed by atoms with E-state index in [1.807, 2.05) is 0 Å². The van der Waals surface area contributed by atoms with Crippen LogP contribution in [0.2, 0.25) is 0 Å². The SMILES string of the molecule is COc1ccc(C(=O)[C@H](C)OC(=O)c2ccc3c(c2)OCCO3)cc1. The minimum absolute atomic E-state index is 0.284. The van der Waals surface area contributed by atoms with E-state index in [-0.39, 0.29) is 5.78 Å². The van der Waals surface area contributed by atoms with E-state index in [0.29, 0.717) is 41.6 Å². The molecule has 0 saturated carbocycles. The zero-order valence-electron chi connectivity index (χ0n) is 14.0. The van der Waals surface area contributed by atoms with Gasteiger partial charge in [-0.15, -0.1) is 0 Å². The molecule has 2 aromatic carbocycles. The molecule has 6 nitrogen and oxygen atoms in total. The summed E-state index contributed by atoms with van der Waals surface area (Å²) in [6, 6.07) is 11.4. The van der Waals surface area contributed by atoms with Gasteiger partial charge in [0.1, 0.15) is 19.0 Å². The van der Waals surface area contributed by atoms with Crippen molar-refractivity contribution in [2.45, 2.75) is 13.0 Å². The van der Waals surface area contributed by atoms with E-state index in [4.69, 9.17) is 18.9 Å². The maximum Gasteiger partial charge on any atom is 0.338 e. The second-order valence-corrected chi connectivity index (χ2v) is 5.50. The van der Waals surface area contributed by atoms with Gasteiger partial charge in [-0.3, -0.25) is 4.79 Å². The van der Waals surface area contributed by atoms with Crippen LogP contribution >= 0.6 is 0 Å². The van der Waals surface area contributed by atoms with Crippen molar-refractivity contribution in [3.05, 3.63) is 53.6 Å². The molecule has 0 fully saturated rings. The van der Waals surface area contributed by atoms with Crippen molar-refractivity contribution in [3.63, 3.8) is 0 Å². The van der Waals surface area contributed by atoms with Gasteiger partial charge in [0.15, 0.2) is 17.6 Å². The Bertz CT molecular complexity index is 781. The molecule has 1 aliphatic heterocycles. The minimum Gasteiger partial charge on any atom is -0.497 e. The van der Waals surface area contributed by atoms with E-state index in [2.05, 4.69) is 0 Å². The van der Waals surface area contributed by atoms with E-state index in [1.165, 1.54) is 0 Å². The number of hydrogen-bond acceptors (Lipinski definition) is 6. The van der Waals surface area contributed by atoms with Gasteiger partial charge in [-0.1, -0.05) is 0 Å². The fraction of sp³-hybridized carbons (Fsp3) is 0.263. The number of methoxy groups -OCH3 is 1. The number of carbonyl (C=O) groups excluding carboxylic acids is 2. The molecule has 25 heavy (non-hydrogen) atoms. The van der Waals surface area contributed by atoms with Gasteiger partial charge in [-0.2, -0.15) is 0 Å². The zero-order chi connectivity index (χ0) is 17.8. The lowest BCUT2D eigenvalue weighted by atomic mass is 10.1. The predicted molar refractivity (Wildman–Crippen MR) is 89.6 cm³/mol. The van der Waals surface area contributed by atoms with E-state index < -0.39 is 12.1 Å². The number of esters is 1. The normalized spacial score (nSPS) is 13.7. The summed E-state index contributed by atoms with van der Waals surface area (Å²) in [6.45, 7) is 2.45. The summed E-state index contributed by atoms with van der Waals surface area (Å²) in [5.41, 5.74) is 0.752. The molecule has 0 aromatic heterocycles. The monoisotopic (exact) mass is 342 g/mol. The molecule has 1 heterocycles. The summed E-state index contributed by atoms with van der Waals surface area (Å²) in [6.07, 6.45) is -0.908. The zero-order valence-corrected chi connectivity index (χ0v) is 14.0. The lowest BCUT2D eigenvalue weighted by Gasteiger charge is -2.19. The Labute approximate surface area is 145 Å². The van der Waals surface area contributed by atoms with Crippen LogP contribution in [0.3, 0.4) is 0 Å². The van der Waals surface area contributed by atoms with Gasteiger partial charge >= 0.3 is 5.97 Å². The fourth-order valence-electron chi connectivity index (χ4n) is 2.44. The van der Waals surface area contributed by atoms with Crippen molar-refractivity contribution < 1.29 is 28.5 Å². The maximum absolute atomic E-state index is 12.4. The van der Waals surface area contributed by atoms with E-state index in [0.717, 1.165) is 0 Å². The first kappa shape index (κ1) is 16.8. The Morgan fingerprint density at radius 2 is 1.60 bits per heavy atom. The molecule has 0 saturated heterocycles. The first-order chi connectivity index (χ1) is 12.1. The summed E-state index contributed by atoms with van der Waals surface area (Å²) in [4.78, 5) is 24.7. The van der Waals surface area contributed by atoms with Crippen LogP contribution < -0.4 is 14.2 Å². The topological polar surface area (TPSA) is 71.1 Å². The number of hydrogen-bond donors (Lipinski definition) is 0. The van der Waals surface area contributed by atoms with Gasteiger partial charge in [0.05, 0.1) is 12.7 Å². The molecule has 0 aliphatic carbocycles. The Balaban J connectivity index is 1.68. The maximum atomic E-state index is 12.4. The van der Waals surface area contributed by atoms with Gasteiger partial charge in [0.2, 0.25) is 5.78 Å². The summed E-state index contributed by atoms with van der Waals surface area (Å²) in [5, 5.41) is 0. The Morgan fingerprint density at radius 1 is 0.960 bits per heavy atom. The molecule has 0 spiro atoms. The van der Waals surface area contributed by atoms with Crippen LogP contribution in [-0.2, 0) is 4.74 Å². The third-order valence-electron chi connectivity index (χ3n) is 3.81. The standard InChI is InChI=1S/C19H18O6/c1-12(18(20)13-3-6-15(22-2)7-4-13)25-19(21)14-5-8-16-17(11-14)24-10-9-23-16/h3-8,11-12H,9-10H2,1-2H3/t12-/m0/s1. The molecule has 0 N–H and O–H groups in total. The van der Waals surface area contributed by atoms with Gasteiger partial charge in [0.25, 0.3) is 0 Å². The second kappa shape index (κ2) is 7.25. The van der Waals surface area contributed by atoms with Crippen molar-refractivity contribution >= 4 is 11.8 Å². The average molecular weight is 342 g/mol. The molecule has 0 radical (unpaired) electrons. The quantitative estimate of drug-likeness (QED) is 0.615. The van der Waals surface area contributed by atoms with Crippen LogP contribution in [0.1, 0.15) is 27.6 Å². The van der Waals surface area contributed by atoms with Gasteiger partial charge < -0.3 is 18.9 Å². The number of ether oxygens (including phenoxy) is 4. The lowest BCUT2D eigenvalue weighted by Crippen LogP contribution is -2.24. The van der Waals surface area contributed by atoms with Crippen LogP contribution in [0.25, 0.3) is 0 Å². The second-order valence-electron chi connectivity index (χ2n) is 5.50. The summed E-state index contributed by atoms with van der Waals surface area (Å²) in [5.74, 6) is 0.859. The van der Waals surface area contributed by atoms with Crippen LogP contribution in [0.4, 0.5) is 0 Å². The predicted octanol–water partition coefficient (Wildman–Crippen LogP) is 2.89. The van der Waals surface area contributed by atoms with Crippen molar-refractivity contribution in [1.82, 2.24) is 0 Å². The van der Waals surface area contributed by atoms with Crippen molar-refractivity contribution in [2.24, 2.45) is 0 Å². The van der Waals surface area contributed by atoms with Crippen molar-refractivity contribution in [3.8, 4) is 17.2 Å². The number of carbonyl (C=O) groups is 2. The van der Waals surface area contributed by atoms with Gasteiger partial charge in [0, 0.05) is 5.56 Å². The Morgan fingerprint density at radius 3 is 2.28 bits per heavy atom. The molecular formula is C19H18O6. The number of benzene rings is 2. The Kier molecular flexibility index (Phi) is 4.88. The first-order valence-electron chi connectivity index (χ1n) is 7.87. The summed E-state index contributed by atoms with van der Waals surface area (Å²) in [7, 11) is 1.55. The van der Waals surface area contributed by atoms with Crippen LogP contribution in [0.5, 0.6) is 17.2 Å². The van der Waals surface area contributed by atoms with Gasteiger partial charge in [-0.05, 0) is 49.4 Å². The van der Waals surface area contributed by atoms with Crippen molar-refractivity contribution in [1.29, 1.82) is 0 Å². The fourth-order valence-corrected chi connectivity index (χ4v) is 2.44. The molecule has 0 unspecified atom stereocenters. The molecule has 1 atom stereocenters. The molecular weight excluding hydrogens is 324 g/mol. The number of ketones is 1. The van der Waals surface area contributed by atoms with Crippen molar-refractivity contribution in [2.75, 3.05) is 20.3 Å². The summed E-state index contributed by atoms with van der Waals surface area (Å²) >= 11 is 0. The third kappa shape index (κ3) is 3.74. The van der Waals surface area contributed by atoms with Crippen LogP contribution in [0, 0.1) is 0 Å². The lowest BCUT2D eigenvalue weighted by molar-refractivity contribution is 0.0318. The van der Waals surface area contributed by atoms with Gasteiger partial charge in [-0.25, -0.2) is 4.79 Å². The highest BCUT2D eigenvalue weighted by atomic mass is 16.6. The highest BCUT2D eigenvalue weighted by Crippen LogP contribution is 2.31. The highest BCUT2D eigenvalue weighted by Gasteiger charge is 2.22. The molecule has 1 aliphatic rings. The largest absolute Gasteiger partial charge is 0.497 e. The Hall–Kier alpha value is -3.02. The molecule has 6 heteroatoms. The minimum atomic E-state index is -0.908. The molecule has 3 rings (SSSR count). The molecule has 0 bridgehead atoms.